The first-order chi connectivity index (χ1) is 6.98. The number of nitrogens with two attached hydrogens (primary N) is 1. The SMILES string of the molecule is Nc1oc(P(=O)(O)O)[c]c1-c1ccco1. The third-order valence-corrected chi connectivity index (χ3v) is 2.45. The second-order valence-electron chi connectivity index (χ2n) is 2.79. The van der Waals surface area contributed by atoms with Gasteiger partial charge in [-0.25, -0.2) is 0 Å². The highest BCUT2D eigenvalue weighted by atomic mass is 31.2. The van der Waals surface area contributed by atoms with Crippen molar-refractivity contribution in [1.82, 2.24) is 0 Å². The molecule has 0 amide bonds. The molecule has 2 aromatic heterocycles. The van der Waals surface area contributed by atoms with E-state index < -0.39 is 13.1 Å². The van der Waals surface area contributed by atoms with Gasteiger partial charge in [0.05, 0.1) is 17.9 Å². The van der Waals surface area contributed by atoms with E-state index in [0.717, 1.165) is 0 Å². The van der Waals surface area contributed by atoms with Gasteiger partial charge in [0.1, 0.15) is 5.76 Å². The summed E-state index contributed by atoms with van der Waals surface area (Å²) < 4.78 is 20.6. The van der Waals surface area contributed by atoms with Crippen LogP contribution in [0.2, 0.25) is 0 Å². The Bertz CT molecular complexity index is 509. The van der Waals surface area contributed by atoms with E-state index >= 15 is 0 Å². The lowest BCUT2D eigenvalue weighted by molar-refractivity contribution is 0.377. The van der Waals surface area contributed by atoms with Gasteiger partial charge in [0, 0.05) is 0 Å². The summed E-state index contributed by atoms with van der Waals surface area (Å²) in [6.07, 6.45) is 1.41. The molecule has 15 heavy (non-hydrogen) atoms. The Morgan fingerprint density at radius 1 is 1.47 bits per heavy atom. The van der Waals surface area contributed by atoms with E-state index in [2.05, 4.69) is 6.07 Å². The molecule has 6 nitrogen and oxygen atoms in total. The summed E-state index contributed by atoms with van der Waals surface area (Å²) >= 11 is 0. The van der Waals surface area contributed by atoms with Gasteiger partial charge >= 0.3 is 7.60 Å². The molecule has 0 aliphatic heterocycles. The highest BCUT2D eigenvalue weighted by Gasteiger charge is 2.26. The lowest BCUT2D eigenvalue weighted by Gasteiger charge is -1.95. The van der Waals surface area contributed by atoms with E-state index in [1.807, 2.05) is 0 Å². The number of furan rings is 2. The fraction of sp³-hybridized carbons (Fsp3) is 0. The molecule has 0 bridgehead atoms. The zero-order valence-electron chi connectivity index (χ0n) is 7.38. The minimum atomic E-state index is -4.47. The third kappa shape index (κ3) is 1.83. The second-order valence-corrected chi connectivity index (χ2v) is 4.29. The molecule has 0 saturated heterocycles. The van der Waals surface area contributed by atoms with E-state index in [9.17, 15) is 4.57 Å². The Balaban J connectivity index is 2.52. The summed E-state index contributed by atoms with van der Waals surface area (Å²) in [5, 5.41) is 0. The molecule has 0 aromatic carbocycles. The van der Waals surface area contributed by atoms with Gasteiger partial charge in [-0.2, -0.15) is 0 Å². The molecule has 2 rings (SSSR count). The summed E-state index contributed by atoms with van der Waals surface area (Å²) in [6, 6.07) is 5.58. The Hall–Kier alpha value is -1.49. The molecule has 7 heteroatoms. The van der Waals surface area contributed by atoms with Crippen molar-refractivity contribution in [3.63, 3.8) is 0 Å². The number of hydrogen-bond acceptors (Lipinski definition) is 4. The largest absolute Gasteiger partial charge is 0.464 e. The fourth-order valence-corrected chi connectivity index (χ4v) is 1.56. The number of anilines is 1. The van der Waals surface area contributed by atoms with Crippen LogP contribution < -0.4 is 11.2 Å². The molecule has 0 spiro atoms. The Kier molecular flexibility index (Phi) is 2.19. The van der Waals surface area contributed by atoms with Gasteiger partial charge in [0.15, 0.2) is 0 Å². The molecular weight excluding hydrogens is 221 g/mol. The fourth-order valence-electron chi connectivity index (χ4n) is 1.09. The molecule has 79 valence electrons. The van der Waals surface area contributed by atoms with Crippen molar-refractivity contribution in [3.8, 4) is 11.3 Å². The van der Waals surface area contributed by atoms with Gasteiger partial charge in [0.25, 0.3) is 0 Å². The van der Waals surface area contributed by atoms with Crippen LogP contribution in [0.4, 0.5) is 5.88 Å². The van der Waals surface area contributed by atoms with Gasteiger partial charge in [-0.05, 0) is 12.1 Å². The zero-order valence-corrected chi connectivity index (χ0v) is 8.27. The quantitative estimate of drug-likeness (QED) is 0.653. The Morgan fingerprint density at radius 3 is 2.67 bits per heavy atom. The van der Waals surface area contributed by atoms with Crippen LogP contribution in [0.5, 0.6) is 0 Å². The lowest BCUT2D eigenvalue weighted by Crippen LogP contribution is -1.99. The van der Waals surface area contributed by atoms with Crippen molar-refractivity contribution in [2.75, 3.05) is 5.73 Å². The predicted octanol–water partition coefficient (Wildman–Crippen LogP) is 0.725. The molecule has 0 atom stereocenters. The first-order valence-electron chi connectivity index (χ1n) is 3.90. The predicted molar refractivity (Wildman–Crippen MR) is 51.3 cm³/mol. The van der Waals surface area contributed by atoms with Crippen molar-refractivity contribution in [2.45, 2.75) is 0 Å². The Morgan fingerprint density at radius 2 is 2.20 bits per heavy atom. The summed E-state index contributed by atoms with van der Waals surface area (Å²) in [5.74, 6) is 0.208. The first-order valence-corrected chi connectivity index (χ1v) is 5.51. The molecule has 0 aliphatic carbocycles. The van der Waals surface area contributed by atoms with Crippen LogP contribution in [0.25, 0.3) is 11.3 Å². The molecule has 0 saturated carbocycles. The number of rotatable bonds is 2. The summed E-state index contributed by atoms with van der Waals surface area (Å²) in [6.45, 7) is 0. The number of hydrogen-bond donors (Lipinski definition) is 3. The van der Waals surface area contributed by atoms with Gasteiger partial charge in [0.2, 0.25) is 11.4 Å². The summed E-state index contributed by atoms with van der Waals surface area (Å²) in [5.41, 5.74) is 5.04. The van der Waals surface area contributed by atoms with E-state index in [1.54, 1.807) is 12.1 Å². The van der Waals surface area contributed by atoms with Crippen molar-refractivity contribution in [1.29, 1.82) is 0 Å². The minimum absolute atomic E-state index is 0.136. The standard InChI is InChI=1S/C8H7NO5P/c9-8-5(6-2-1-3-13-6)4-7(14-8)15(10,11)12/h1-3H,9H2,(H2,10,11,12). The monoisotopic (exact) mass is 228 g/mol. The van der Waals surface area contributed by atoms with Crippen LogP contribution in [-0.4, -0.2) is 9.79 Å². The minimum Gasteiger partial charge on any atom is -0.464 e. The second kappa shape index (κ2) is 3.27. The van der Waals surface area contributed by atoms with E-state index in [4.69, 9.17) is 24.4 Å². The van der Waals surface area contributed by atoms with E-state index in [0.29, 0.717) is 5.76 Å². The molecule has 4 N–H and O–H groups in total. The van der Waals surface area contributed by atoms with Crippen LogP contribution in [0.3, 0.4) is 0 Å². The van der Waals surface area contributed by atoms with Crippen molar-refractivity contribution in [3.05, 3.63) is 24.5 Å². The van der Waals surface area contributed by atoms with Crippen LogP contribution in [-0.2, 0) is 4.57 Å². The molecule has 0 unspecified atom stereocenters. The maximum absolute atomic E-state index is 10.9. The average molecular weight is 228 g/mol. The van der Waals surface area contributed by atoms with Crippen LogP contribution >= 0.6 is 7.60 Å². The average Bonchev–Trinajstić information content (AvgIpc) is 2.69. The number of nitrogen functional groups attached to an aromatic ring is 1. The van der Waals surface area contributed by atoms with Crippen molar-refractivity contribution < 1.29 is 23.2 Å². The van der Waals surface area contributed by atoms with E-state index in [1.165, 1.54) is 6.26 Å². The lowest BCUT2D eigenvalue weighted by atomic mass is 10.2. The highest BCUT2D eigenvalue weighted by Crippen LogP contribution is 2.37. The molecule has 1 radical (unpaired) electrons. The highest BCUT2D eigenvalue weighted by molar-refractivity contribution is 7.59. The van der Waals surface area contributed by atoms with E-state index in [-0.39, 0.29) is 11.4 Å². The van der Waals surface area contributed by atoms with Crippen molar-refractivity contribution in [2.24, 2.45) is 0 Å². The van der Waals surface area contributed by atoms with Crippen LogP contribution in [0, 0.1) is 6.07 Å². The molecule has 2 aromatic rings. The topological polar surface area (TPSA) is 110 Å². The summed E-state index contributed by atoms with van der Waals surface area (Å²) in [7, 11) is -4.47. The van der Waals surface area contributed by atoms with Crippen LogP contribution in [0.1, 0.15) is 0 Å². The molecule has 0 aliphatic rings. The third-order valence-electron chi connectivity index (χ3n) is 1.72. The van der Waals surface area contributed by atoms with Gasteiger partial charge < -0.3 is 24.4 Å². The van der Waals surface area contributed by atoms with Crippen LogP contribution in [0.15, 0.2) is 27.2 Å². The molecule has 2 heterocycles. The van der Waals surface area contributed by atoms with Gasteiger partial charge in [-0.3, -0.25) is 4.57 Å². The maximum atomic E-state index is 10.9. The van der Waals surface area contributed by atoms with Gasteiger partial charge in [-0.15, -0.1) is 0 Å². The molecule has 0 fully saturated rings. The smallest absolute Gasteiger partial charge is 0.391 e. The zero-order chi connectivity index (χ0) is 11.1. The van der Waals surface area contributed by atoms with Gasteiger partial charge in [-0.1, -0.05) is 0 Å². The first kappa shape index (κ1) is 10.0. The summed E-state index contributed by atoms with van der Waals surface area (Å²) in [4.78, 5) is 17.6. The van der Waals surface area contributed by atoms with Crippen molar-refractivity contribution >= 4 is 19.0 Å². The Labute approximate surface area is 84.5 Å². The molecular formula is C8H7NO5P. The maximum Gasteiger partial charge on any atom is 0.391 e. The normalized spacial score (nSPS) is 11.9.